The van der Waals surface area contributed by atoms with Crippen LogP contribution in [0, 0.1) is 5.92 Å². The van der Waals surface area contributed by atoms with Gasteiger partial charge in [0.2, 0.25) is 0 Å². The second-order valence-electron chi connectivity index (χ2n) is 2.24. The first kappa shape index (κ1) is 37.0. The molecule has 0 aromatic rings. The highest BCUT2D eigenvalue weighted by atomic mass is 16.2. The average molecular weight is 210 g/mol. The van der Waals surface area contributed by atoms with Crippen molar-refractivity contribution in [3.05, 3.63) is 0 Å². The Kier molecular flexibility index (Phi) is 138. The van der Waals surface area contributed by atoms with Crippen molar-refractivity contribution >= 4 is 0 Å². The topological polar surface area (TPSA) is 20.2 Å². The van der Waals surface area contributed by atoms with Crippen LogP contribution in [0.2, 0.25) is 0 Å². The largest absolute Gasteiger partial charge is 0.397 e. The van der Waals surface area contributed by atoms with Gasteiger partial charge in [-0.3, -0.25) is 0 Å². The SMILES string of the molecule is C.C.C.CC.CCC(C)CC.CCO. The molecule has 0 unspecified atom stereocenters. The molecule has 14 heavy (non-hydrogen) atoms. The summed E-state index contributed by atoms with van der Waals surface area (Å²) in [7, 11) is 0. The van der Waals surface area contributed by atoms with Crippen molar-refractivity contribution < 1.29 is 5.11 Å². The summed E-state index contributed by atoms with van der Waals surface area (Å²) in [5, 5.41) is 7.57. The molecule has 1 N–H and O–H groups in total. The highest BCUT2D eigenvalue weighted by molar-refractivity contribution is 4.41. The fourth-order valence-corrected chi connectivity index (χ4v) is 0.289. The minimum atomic E-state index is 0. The lowest BCUT2D eigenvalue weighted by Crippen LogP contribution is -1.85. The third-order valence-corrected chi connectivity index (χ3v) is 1.39. The quantitative estimate of drug-likeness (QED) is 0.649. The van der Waals surface area contributed by atoms with Gasteiger partial charge in [0.25, 0.3) is 0 Å². The van der Waals surface area contributed by atoms with Crippen LogP contribution in [0.3, 0.4) is 0 Å². The van der Waals surface area contributed by atoms with E-state index in [-0.39, 0.29) is 28.9 Å². The molecule has 96 valence electrons. The number of aliphatic hydroxyl groups is 1. The summed E-state index contributed by atoms with van der Waals surface area (Å²) in [5.41, 5.74) is 0. The zero-order chi connectivity index (χ0) is 9.70. The number of rotatable bonds is 2. The molecule has 0 amide bonds. The van der Waals surface area contributed by atoms with Gasteiger partial charge in [0.1, 0.15) is 0 Å². The van der Waals surface area contributed by atoms with E-state index in [2.05, 4.69) is 20.8 Å². The first-order valence-corrected chi connectivity index (χ1v) is 4.83. The van der Waals surface area contributed by atoms with Gasteiger partial charge in [-0.15, -0.1) is 0 Å². The van der Waals surface area contributed by atoms with E-state index < -0.39 is 0 Å². The molecule has 0 saturated heterocycles. The molecule has 0 aliphatic rings. The zero-order valence-corrected chi connectivity index (χ0v) is 9.15. The van der Waals surface area contributed by atoms with Crippen LogP contribution < -0.4 is 0 Å². The summed E-state index contributed by atoms with van der Waals surface area (Å²) >= 11 is 0. The van der Waals surface area contributed by atoms with Crippen LogP contribution >= 0.6 is 0 Å². The Bertz CT molecular complexity index is 32.2. The summed E-state index contributed by atoms with van der Waals surface area (Å²) in [5.74, 6) is 0.935. The van der Waals surface area contributed by atoms with E-state index in [9.17, 15) is 0 Å². The molecule has 0 spiro atoms. The van der Waals surface area contributed by atoms with E-state index >= 15 is 0 Å². The van der Waals surface area contributed by atoms with Crippen molar-refractivity contribution in [2.24, 2.45) is 5.92 Å². The number of aliphatic hydroxyl groups excluding tert-OH is 1. The van der Waals surface area contributed by atoms with E-state index in [1.807, 2.05) is 13.8 Å². The molecule has 0 heterocycles. The summed E-state index contributed by atoms with van der Waals surface area (Å²) in [6.45, 7) is 12.7. The summed E-state index contributed by atoms with van der Waals surface area (Å²) in [6, 6.07) is 0. The Labute approximate surface area is 94.9 Å². The molecule has 0 aromatic carbocycles. The third-order valence-electron chi connectivity index (χ3n) is 1.39. The van der Waals surface area contributed by atoms with Gasteiger partial charge >= 0.3 is 0 Å². The first-order valence-electron chi connectivity index (χ1n) is 4.83. The summed E-state index contributed by atoms with van der Waals surface area (Å²) < 4.78 is 0. The maximum Gasteiger partial charge on any atom is 0.0402 e. The minimum absolute atomic E-state index is 0. The Morgan fingerprint density at radius 1 is 0.857 bits per heavy atom. The van der Waals surface area contributed by atoms with E-state index in [4.69, 9.17) is 5.11 Å². The van der Waals surface area contributed by atoms with Gasteiger partial charge < -0.3 is 5.11 Å². The van der Waals surface area contributed by atoms with Crippen LogP contribution in [0.25, 0.3) is 0 Å². The van der Waals surface area contributed by atoms with Gasteiger partial charge in [0.05, 0.1) is 0 Å². The second-order valence-corrected chi connectivity index (χ2v) is 2.24. The molecule has 0 atom stereocenters. The molecule has 0 radical (unpaired) electrons. The maximum atomic E-state index is 7.57. The predicted molar refractivity (Wildman–Crippen MR) is 74.0 cm³/mol. The van der Waals surface area contributed by atoms with Gasteiger partial charge in [-0.05, 0) is 12.8 Å². The van der Waals surface area contributed by atoms with Gasteiger partial charge in [-0.2, -0.15) is 0 Å². The van der Waals surface area contributed by atoms with Gasteiger partial charge in [0.15, 0.2) is 0 Å². The van der Waals surface area contributed by atoms with E-state index in [0.717, 1.165) is 5.92 Å². The third kappa shape index (κ3) is 91.6. The number of hydrogen-bond donors (Lipinski definition) is 1. The molecule has 0 bridgehead atoms. The predicted octanol–water partition coefficient (Wildman–Crippen LogP) is 5.38. The van der Waals surface area contributed by atoms with Crippen molar-refractivity contribution in [3.63, 3.8) is 0 Å². The van der Waals surface area contributed by atoms with Crippen LogP contribution in [0.4, 0.5) is 0 Å². The highest BCUT2D eigenvalue weighted by Gasteiger charge is 1.88. The van der Waals surface area contributed by atoms with E-state index in [0.29, 0.717) is 0 Å². The Morgan fingerprint density at radius 3 is 1.00 bits per heavy atom. The molecule has 0 aromatic heterocycles. The van der Waals surface area contributed by atoms with Crippen molar-refractivity contribution in [3.8, 4) is 0 Å². The van der Waals surface area contributed by atoms with Crippen LogP contribution in [-0.4, -0.2) is 11.7 Å². The van der Waals surface area contributed by atoms with Crippen LogP contribution in [-0.2, 0) is 0 Å². The van der Waals surface area contributed by atoms with Crippen LogP contribution in [0.5, 0.6) is 0 Å². The van der Waals surface area contributed by atoms with Crippen molar-refractivity contribution in [2.45, 2.75) is 76.7 Å². The molecule has 0 saturated carbocycles. The maximum absolute atomic E-state index is 7.57. The van der Waals surface area contributed by atoms with E-state index in [1.54, 1.807) is 6.92 Å². The molecule has 0 fully saturated rings. The molecule has 0 aliphatic heterocycles. The lowest BCUT2D eigenvalue weighted by molar-refractivity contribution is 0.318. The Morgan fingerprint density at radius 2 is 1.00 bits per heavy atom. The lowest BCUT2D eigenvalue weighted by atomic mass is 10.1. The molecule has 0 rings (SSSR count). The zero-order valence-electron chi connectivity index (χ0n) is 9.15. The van der Waals surface area contributed by atoms with Crippen LogP contribution in [0.1, 0.15) is 76.7 Å². The van der Waals surface area contributed by atoms with Gasteiger partial charge in [-0.25, -0.2) is 0 Å². The first-order chi connectivity index (χ1) is 5.22. The van der Waals surface area contributed by atoms with E-state index in [1.165, 1.54) is 12.8 Å². The smallest absolute Gasteiger partial charge is 0.0402 e. The number of hydrogen-bond acceptors (Lipinski definition) is 1. The minimum Gasteiger partial charge on any atom is -0.397 e. The fourth-order valence-electron chi connectivity index (χ4n) is 0.289. The van der Waals surface area contributed by atoms with Crippen molar-refractivity contribution in [2.75, 3.05) is 6.61 Å². The molecule has 1 heteroatoms. The summed E-state index contributed by atoms with van der Waals surface area (Å²) in [4.78, 5) is 0. The van der Waals surface area contributed by atoms with Crippen LogP contribution in [0.15, 0.2) is 0 Å². The van der Waals surface area contributed by atoms with Gasteiger partial charge in [-0.1, -0.05) is 69.7 Å². The molecule has 1 nitrogen and oxygen atoms in total. The van der Waals surface area contributed by atoms with Crippen molar-refractivity contribution in [1.82, 2.24) is 0 Å². The highest BCUT2D eigenvalue weighted by Crippen LogP contribution is 2.02. The fraction of sp³-hybridized carbons (Fsp3) is 1.00. The normalized spacial score (nSPS) is 6.00. The Balaban J connectivity index is -0.0000000178. The molecular weight excluding hydrogens is 172 g/mol. The monoisotopic (exact) mass is 210 g/mol. The standard InChI is InChI=1S/C6H14.C2H6O.C2H6.3CH4/c1-4-6(3)5-2;1-2-3;1-2;;;/h6H,4-5H2,1-3H3;3H,2H2,1H3;1-2H3;3*1H4. The molecule has 0 aliphatic carbocycles. The lowest BCUT2D eigenvalue weighted by Gasteiger charge is -1.98. The molecular formula is C13H38O. The Hall–Kier alpha value is -0.0400. The van der Waals surface area contributed by atoms with Gasteiger partial charge in [0, 0.05) is 6.61 Å². The second kappa shape index (κ2) is 52.2. The van der Waals surface area contributed by atoms with Crippen molar-refractivity contribution in [1.29, 1.82) is 0 Å². The average Bonchev–Trinajstić information content (AvgIpc) is 2.08. The summed E-state index contributed by atoms with van der Waals surface area (Å²) in [6.07, 6.45) is 2.66.